The SMILES string of the molecule is CC(CCNC(=O)c1ccc[nH]c1=O)C(=O)O. The van der Waals surface area contributed by atoms with Gasteiger partial charge in [-0.25, -0.2) is 0 Å². The number of carboxylic acids is 1. The van der Waals surface area contributed by atoms with Gasteiger partial charge in [-0.3, -0.25) is 14.4 Å². The molecule has 1 unspecified atom stereocenters. The molecule has 6 nitrogen and oxygen atoms in total. The van der Waals surface area contributed by atoms with E-state index < -0.39 is 23.4 Å². The number of carboxylic acid groups (broad SMARTS) is 1. The maximum Gasteiger partial charge on any atom is 0.306 e. The highest BCUT2D eigenvalue weighted by atomic mass is 16.4. The maximum absolute atomic E-state index is 11.5. The number of aromatic amines is 1. The largest absolute Gasteiger partial charge is 0.481 e. The first-order valence-corrected chi connectivity index (χ1v) is 5.21. The van der Waals surface area contributed by atoms with E-state index in [1.54, 1.807) is 13.0 Å². The minimum absolute atomic E-state index is 0.0236. The van der Waals surface area contributed by atoms with E-state index >= 15 is 0 Å². The number of pyridine rings is 1. The highest BCUT2D eigenvalue weighted by Gasteiger charge is 2.12. The van der Waals surface area contributed by atoms with Crippen molar-refractivity contribution >= 4 is 11.9 Å². The highest BCUT2D eigenvalue weighted by molar-refractivity contribution is 5.93. The van der Waals surface area contributed by atoms with Crippen molar-refractivity contribution in [2.75, 3.05) is 6.54 Å². The van der Waals surface area contributed by atoms with Crippen molar-refractivity contribution < 1.29 is 14.7 Å². The van der Waals surface area contributed by atoms with Crippen LogP contribution >= 0.6 is 0 Å². The lowest BCUT2D eigenvalue weighted by molar-refractivity contribution is -0.141. The van der Waals surface area contributed by atoms with Crippen LogP contribution in [0.25, 0.3) is 0 Å². The van der Waals surface area contributed by atoms with E-state index in [-0.39, 0.29) is 12.1 Å². The monoisotopic (exact) mass is 238 g/mol. The Bertz CT molecular complexity index is 467. The van der Waals surface area contributed by atoms with Crippen LogP contribution in [0.3, 0.4) is 0 Å². The summed E-state index contributed by atoms with van der Waals surface area (Å²) >= 11 is 0. The van der Waals surface area contributed by atoms with E-state index in [4.69, 9.17) is 5.11 Å². The van der Waals surface area contributed by atoms with E-state index in [2.05, 4.69) is 10.3 Å². The molecule has 3 N–H and O–H groups in total. The first kappa shape index (κ1) is 13.0. The Kier molecular flexibility index (Phi) is 4.45. The molecule has 1 aromatic rings. The molecule has 0 saturated carbocycles. The van der Waals surface area contributed by atoms with Crippen molar-refractivity contribution in [1.82, 2.24) is 10.3 Å². The standard InChI is InChI=1S/C11H14N2O4/c1-7(11(16)17)4-6-13-10(15)8-3-2-5-12-9(8)14/h2-3,5,7H,4,6H2,1H3,(H,12,14)(H,13,15)(H,16,17). The fourth-order valence-electron chi connectivity index (χ4n) is 1.22. The number of aromatic nitrogens is 1. The van der Waals surface area contributed by atoms with Crippen LogP contribution in [0.5, 0.6) is 0 Å². The van der Waals surface area contributed by atoms with Gasteiger partial charge in [-0.05, 0) is 18.6 Å². The van der Waals surface area contributed by atoms with Crippen molar-refractivity contribution in [3.63, 3.8) is 0 Å². The van der Waals surface area contributed by atoms with Crippen molar-refractivity contribution in [1.29, 1.82) is 0 Å². The lowest BCUT2D eigenvalue weighted by Crippen LogP contribution is -2.31. The Morgan fingerprint density at radius 1 is 1.53 bits per heavy atom. The molecule has 0 aromatic carbocycles. The van der Waals surface area contributed by atoms with Gasteiger partial charge in [0.15, 0.2) is 0 Å². The molecule has 0 fully saturated rings. The van der Waals surface area contributed by atoms with Crippen LogP contribution in [0.1, 0.15) is 23.7 Å². The topological polar surface area (TPSA) is 99.3 Å². The van der Waals surface area contributed by atoms with Gasteiger partial charge in [-0.1, -0.05) is 6.92 Å². The third-order valence-electron chi connectivity index (χ3n) is 2.35. The molecule has 0 aliphatic rings. The molecule has 92 valence electrons. The number of carbonyl (C=O) groups is 2. The minimum atomic E-state index is -0.906. The molecule has 0 spiro atoms. The minimum Gasteiger partial charge on any atom is -0.481 e. The van der Waals surface area contributed by atoms with Crippen molar-refractivity contribution in [2.24, 2.45) is 5.92 Å². The smallest absolute Gasteiger partial charge is 0.306 e. The quantitative estimate of drug-likeness (QED) is 0.683. The molecule has 6 heteroatoms. The normalized spacial score (nSPS) is 11.8. The first-order chi connectivity index (χ1) is 8.02. The van der Waals surface area contributed by atoms with Crippen LogP contribution in [0, 0.1) is 5.92 Å². The number of H-pyrrole nitrogens is 1. The van der Waals surface area contributed by atoms with Gasteiger partial charge in [0.25, 0.3) is 11.5 Å². The molecule has 1 amide bonds. The third-order valence-corrected chi connectivity index (χ3v) is 2.35. The zero-order valence-corrected chi connectivity index (χ0v) is 9.40. The molecule has 1 atom stereocenters. The van der Waals surface area contributed by atoms with Gasteiger partial charge < -0.3 is 15.4 Å². The number of carbonyl (C=O) groups excluding carboxylic acids is 1. The van der Waals surface area contributed by atoms with Crippen LogP contribution in [0.2, 0.25) is 0 Å². The number of nitrogens with one attached hydrogen (secondary N) is 2. The Morgan fingerprint density at radius 3 is 2.82 bits per heavy atom. The highest BCUT2D eigenvalue weighted by Crippen LogP contribution is 2.00. The van der Waals surface area contributed by atoms with E-state index in [1.165, 1.54) is 12.3 Å². The first-order valence-electron chi connectivity index (χ1n) is 5.21. The summed E-state index contributed by atoms with van der Waals surface area (Å²) in [5, 5.41) is 11.1. The molecular weight excluding hydrogens is 224 g/mol. The maximum atomic E-state index is 11.5. The average Bonchev–Trinajstić information content (AvgIpc) is 2.29. The summed E-state index contributed by atoms with van der Waals surface area (Å²) in [4.78, 5) is 35.7. The molecule has 1 rings (SSSR count). The second-order valence-corrected chi connectivity index (χ2v) is 3.70. The Balaban J connectivity index is 2.49. The van der Waals surface area contributed by atoms with E-state index in [0.29, 0.717) is 6.42 Å². The van der Waals surface area contributed by atoms with Gasteiger partial charge in [0.1, 0.15) is 5.56 Å². The van der Waals surface area contributed by atoms with Crippen LogP contribution in [-0.4, -0.2) is 28.5 Å². The summed E-state index contributed by atoms with van der Waals surface area (Å²) in [6, 6.07) is 2.96. The molecule has 1 heterocycles. The van der Waals surface area contributed by atoms with Gasteiger partial charge >= 0.3 is 5.97 Å². The predicted molar refractivity (Wildman–Crippen MR) is 60.8 cm³/mol. The molecule has 0 bridgehead atoms. The Morgan fingerprint density at radius 2 is 2.24 bits per heavy atom. The lowest BCUT2D eigenvalue weighted by Gasteiger charge is -2.07. The summed E-state index contributed by atoms with van der Waals surface area (Å²) in [5.74, 6) is -1.93. The number of rotatable bonds is 5. The van der Waals surface area contributed by atoms with E-state index in [9.17, 15) is 14.4 Å². The molecule has 0 aliphatic heterocycles. The molecule has 0 aliphatic carbocycles. The summed E-state index contributed by atoms with van der Waals surface area (Å²) in [7, 11) is 0. The third kappa shape index (κ3) is 3.75. The van der Waals surface area contributed by atoms with Gasteiger partial charge in [-0.2, -0.15) is 0 Å². The summed E-state index contributed by atoms with van der Waals surface area (Å²) in [6.07, 6.45) is 1.76. The van der Waals surface area contributed by atoms with Crippen LogP contribution < -0.4 is 10.9 Å². The summed E-state index contributed by atoms with van der Waals surface area (Å²) in [6.45, 7) is 1.78. The summed E-state index contributed by atoms with van der Waals surface area (Å²) in [5.41, 5.74) is -0.438. The fraction of sp³-hybridized carbons (Fsp3) is 0.364. The molecule has 0 radical (unpaired) electrons. The van der Waals surface area contributed by atoms with Gasteiger partial charge in [0.2, 0.25) is 0 Å². The Hall–Kier alpha value is -2.11. The van der Waals surface area contributed by atoms with Gasteiger partial charge in [-0.15, -0.1) is 0 Å². The second-order valence-electron chi connectivity index (χ2n) is 3.70. The van der Waals surface area contributed by atoms with Crippen LogP contribution in [0.15, 0.2) is 23.1 Å². The zero-order chi connectivity index (χ0) is 12.8. The van der Waals surface area contributed by atoms with Gasteiger partial charge in [0, 0.05) is 12.7 Å². The summed E-state index contributed by atoms with van der Waals surface area (Å²) < 4.78 is 0. The fourth-order valence-corrected chi connectivity index (χ4v) is 1.22. The number of aliphatic carboxylic acids is 1. The van der Waals surface area contributed by atoms with Crippen molar-refractivity contribution in [2.45, 2.75) is 13.3 Å². The zero-order valence-electron chi connectivity index (χ0n) is 9.40. The molecule has 17 heavy (non-hydrogen) atoms. The van der Waals surface area contributed by atoms with E-state index in [1.807, 2.05) is 0 Å². The van der Waals surface area contributed by atoms with Crippen LogP contribution in [-0.2, 0) is 4.79 Å². The molecular formula is C11H14N2O4. The predicted octanol–water partition coefficient (Wildman–Crippen LogP) is 0.215. The average molecular weight is 238 g/mol. The van der Waals surface area contributed by atoms with Crippen molar-refractivity contribution in [3.05, 3.63) is 34.2 Å². The second kappa shape index (κ2) is 5.83. The number of hydrogen-bond donors (Lipinski definition) is 3. The van der Waals surface area contributed by atoms with Crippen LogP contribution in [0.4, 0.5) is 0 Å². The molecule has 1 aromatic heterocycles. The number of amides is 1. The number of hydrogen-bond acceptors (Lipinski definition) is 3. The Labute approximate surface area is 97.7 Å². The lowest BCUT2D eigenvalue weighted by atomic mass is 10.1. The van der Waals surface area contributed by atoms with Gasteiger partial charge in [0.05, 0.1) is 5.92 Å². The van der Waals surface area contributed by atoms with E-state index in [0.717, 1.165) is 0 Å². The van der Waals surface area contributed by atoms with Crippen molar-refractivity contribution in [3.8, 4) is 0 Å². The molecule has 0 saturated heterocycles.